The van der Waals surface area contributed by atoms with Crippen LogP contribution in [0.15, 0.2) is 34.7 Å². The zero-order chi connectivity index (χ0) is 18.7. The van der Waals surface area contributed by atoms with Gasteiger partial charge in [-0.25, -0.2) is 0 Å². The number of amides is 1. The van der Waals surface area contributed by atoms with Crippen LogP contribution >= 0.6 is 12.2 Å². The molecule has 1 aromatic carbocycles. The molecule has 1 aromatic rings. The van der Waals surface area contributed by atoms with Crippen LogP contribution in [-0.4, -0.2) is 35.9 Å². The standard InChI is InChI=1S/C18H23BN2O3S/c1-13(22)20-11-15(19-23-17(2,3)18(4,5)24-19)10-14-6-8-16(9-7-14)21-12-25/h6-10H,11H2,1-5H3,(H,20,22). The summed E-state index contributed by atoms with van der Waals surface area (Å²) < 4.78 is 12.2. The summed E-state index contributed by atoms with van der Waals surface area (Å²) in [5.74, 6) is -0.104. The van der Waals surface area contributed by atoms with Crippen molar-refractivity contribution in [3.8, 4) is 0 Å². The van der Waals surface area contributed by atoms with Gasteiger partial charge in [0.05, 0.1) is 22.1 Å². The smallest absolute Gasteiger partial charge is 0.400 e. The fourth-order valence-corrected chi connectivity index (χ4v) is 2.44. The van der Waals surface area contributed by atoms with Crippen LogP contribution in [0.1, 0.15) is 40.2 Å². The molecule has 1 fully saturated rings. The highest BCUT2D eigenvalue weighted by Gasteiger charge is 2.52. The first-order valence-electron chi connectivity index (χ1n) is 8.13. The summed E-state index contributed by atoms with van der Waals surface area (Å²) in [6.07, 6.45) is 1.96. The van der Waals surface area contributed by atoms with Crippen molar-refractivity contribution in [2.24, 2.45) is 4.99 Å². The Hall–Kier alpha value is -1.79. The normalized spacial score (nSPS) is 18.6. The van der Waals surface area contributed by atoms with Crippen molar-refractivity contribution in [1.82, 2.24) is 5.32 Å². The van der Waals surface area contributed by atoms with Crippen LogP contribution in [0.2, 0.25) is 0 Å². The molecule has 0 radical (unpaired) electrons. The Balaban J connectivity index is 2.29. The number of nitrogens with zero attached hydrogens (tertiary/aromatic N) is 1. The van der Waals surface area contributed by atoms with E-state index in [9.17, 15) is 4.79 Å². The van der Waals surface area contributed by atoms with E-state index in [0.29, 0.717) is 6.54 Å². The Labute approximate surface area is 154 Å². The van der Waals surface area contributed by atoms with E-state index in [0.717, 1.165) is 16.7 Å². The molecular weight excluding hydrogens is 335 g/mol. The number of carbonyl (C=O) groups excluding carboxylic acids is 1. The zero-order valence-electron chi connectivity index (χ0n) is 15.3. The van der Waals surface area contributed by atoms with Gasteiger partial charge in [0.15, 0.2) is 0 Å². The van der Waals surface area contributed by atoms with Crippen molar-refractivity contribution in [2.45, 2.75) is 45.8 Å². The first-order chi connectivity index (χ1) is 11.6. The molecule has 1 heterocycles. The molecule has 1 saturated heterocycles. The van der Waals surface area contributed by atoms with Gasteiger partial charge >= 0.3 is 7.12 Å². The van der Waals surface area contributed by atoms with Gasteiger partial charge in [-0.2, -0.15) is 4.99 Å². The number of hydrogen-bond acceptors (Lipinski definition) is 5. The maximum Gasteiger partial charge on any atom is 0.492 e. The third kappa shape index (κ3) is 4.86. The second-order valence-corrected chi connectivity index (χ2v) is 7.19. The Morgan fingerprint density at radius 3 is 2.28 bits per heavy atom. The average molecular weight is 358 g/mol. The van der Waals surface area contributed by atoms with E-state index >= 15 is 0 Å². The van der Waals surface area contributed by atoms with Crippen LogP contribution in [0.4, 0.5) is 5.69 Å². The minimum atomic E-state index is -0.518. The molecule has 7 heteroatoms. The summed E-state index contributed by atoms with van der Waals surface area (Å²) in [6, 6.07) is 7.55. The van der Waals surface area contributed by atoms with E-state index < -0.39 is 18.3 Å². The molecule has 25 heavy (non-hydrogen) atoms. The summed E-state index contributed by atoms with van der Waals surface area (Å²) in [7, 11) is -0.518. The Morgan fingerprint density at radius 1 is 1.24 bits per heavy atom. The molecule has 0 unspecified atom stereocenters. The fraction of sp³-hybridized carbons (Fsp3) is 0.444. The monoisotopic (exact) mass is 358 g/mol. The number of benzene rings is 1. The molecule has 1 amide bonds. The quantitative estimate of drug-likeness (QED) is 0.497. The SMILES string of the molecule is CC(=O)NCC(=Cc1ccc(N=C=S)cc1)B1OC(C)(C)C(C)(C)O1. The summed E-state index contributed by atoms with van der Waals surface area (Å²) in [6.45, 7) is 9.84. The average Bonchev–Trinajstić information content (AvgIpc) is 2.73. The second kappa shape index (κ2) is 7.62. The maximum atomic E-state index is 11.3. The number of hydrogen-bond donors (Lipinski definition) is 1. The lowest BCUT2D eigenvalue weighted by atomic mass is 9.77. The van der Waals surface area contributed by atoms with Gasteiger partial charge in [-0.15, -0.1) is 0 Å². The number of aliphatic imine (C=N–C) groups is 1. The van der Waals surface area contributed by atoms with Gasteiger partial charge in [0.25, 0.3) is 0 Å². The molecule has 0 aromatic heterocycles. The molecule has 0 atom stereocenters. The van der Waals surface area contributed by atoms with Crippen LogP contribution in [0.3, 0.4) is 0 Å². The van der Waals surface area contributed by atoms with Gasteiger partial charge in [-0.1, -0.05) is 18.2 Å². The second-order valence-electron chi connectivity index (χ2n) is 7.01. The lowest BCUT2D eigenvalue weighted by molar-refractivity contribution is -0.118. The van der Waals surface area contributed by atoms with Crippen LogP contribution < -0.4 is 5.32 Å². The number of thiocarbonyl (C=S) groups is 1. The Bertz CT molecular complexity index is 706. The van der Waals surface area contributed by atoms with Crippen molar-refractivity contribution < 1.29 is 14.1 Å². The van der Waals surface area contributed by atoms with Gasteiger partial charge in [-0.3, -0.25) is 4.79 Å². The van der Waals surface area contributed by atoms with Gasteiger partial charge < -0.3 is 14.6 Å². The minimum Gasteiger partial charge on any atom is -0.400 e. The fourth-order valence-electron chi connectivity index (χ4n) is 2.34. The molecule has 2 rings (SSSR count). The van der Waals surface area contributed by atoms with Gasteiger partial charge in [0.1, 0.15) is 0 Å². The van der Waals surface area contributed by atoms with E-state index in [1.807, 2.05) is 58.0 Å². The molecule has 0 saturated carbocycles. The Morgan fingerprint density at radius 2 is 1.80 bits per heavy atom. The van der Waals surface area contributed by atoms with Crippen molar-refractivity contribution >= 4 is 42.2 Å². The van der Waals surface area contributed by atoms with E-state index in [2.05, 4.69) is 27.7 Å². The highest BCUT2D eigenvalue weighted by atomic mass is 32.1. The number of isothiocyanates is 1. The van der Waals surface area contributed by atoms with Crippen LogP contribution in [0.5, 0.6) is 0 Å². The zero-order valence-corrected chi connectivity index (χ0v) is 16.1. The molecule has 1 aliphatic heterocycles. The predicted octanol–water partition coefficient (Wildman–Crippen LogP) is 3.57. The number of nitrogens with one attached hydrogen (secondary N) is 1. The Kier molecular flexibility index (Phi) is 5.96. The highest BCUT2D eigenvalue weighted by Crippen LogP contribution is 2.38. The third-order valence-electron chi connectivity index (χ3n) is 4.52. The number of carbonyl (C=O) groups is 1. The van der Waals surface area contributed by atoms with Gasteiger partial charge in [-0.05, 0) is 63.1 Å². The lowest BCUT2D eigenvalue weighted by Crippen LogP contribution is -2.41. The van der Waals surface area contributed by atoms with Gasteiger partial charge in [0, 0.05) is 13.5 Å². The molecule has 0 spiro atoms. The summed E-state index contributed by atoms with van der Waals surface area (Å²) in [5, 5.41) is 5.16. The van der Waals surface area contributed by atoms with E-state index in [1.54, 1.807) is 0 Å². The maximum absolute atomic E-state index is 11.3. The molecule has 5 nitrogen and oxygen atoms in total. The largest absolute Gasteiger partial charge is 0.492 e. The first-order valence-corrected chi connectivity index (χ1v) is 8.54. The van der Waals surface area contributed by atoms with E-state index in [4.69, 9.17) is 9.31 Å². The summed E-state index contributed by atoms with van der Waals surface area (Å²) >= 11 is 4.61. The molecular formula is C18H23BN2O3S. The lowest BCUT2D eigenvalue weighted by Gasteiger charge is -2.32. The van der Waals surface area contributed by atoms with Crippen molar-refractivity contribution in [2.75, 3.05) is 6.54 Å². The molecule has 0 bridgehead atoms. The van der Waals surface area contributed by atoms with Crippen LogP contribution in [0.25, 0.3) is 6.08 Å². The minimum absolute atomic E-state index is 0.104. The van der Waals surface area contributed by atoms with E-state index in [1.165, 1.54) is 6.92 Å². The van der Waals surface area contributed by atoms with Crippen LogP contribution in [0, 0.1) is 0 Å². The van der Waals surface area contributed by atoms with Crippen molar-refractivity contribution in [3.63, 3.8) is 0 Å². The summed E-state index contributed by atoms with van der Waals surface area (Å²) in [4.78, 5) is 15.3. The van der Waals surface area contributed by atoms with Gasteiger partial charge in [0.2, 0.25) is 5.91 Å². The predicted molar refractivity (Wildman–Crippen MR) is 104 cm³/mol. The third-order valence-corrected chi connectivity index (χ3v) is 4.61. The highest BCUT2D eigenvalue weighted by molar-refractivity contribution is 7.78. The first kappa shape index (κ1) is 19.5. The number of rotatable bonds is 5. The molecule has 0 aliphatic carbocycles. The van der Waals surface area contributed by atoms with Crippen molar-refractivity contribution in [3.05, 3.63) is 35.3 Å². The summed E-state index contributed by atoms with van der Waals surface area (Å²) in [5.41, 5.74) is 1.67. The van der Waals surface area contributed by atoms with Crippen molar-refractivity contribution in [1.29, 1.82) is 0 Å². The molecule has 132 valence electrons. The molecule has 1 N–H and O–H groups in total. The topological polar surface area (TPSA) is 59.9 Å². The van der Waals surface area contributed by atoms with E-state index in [-0.39, 0.29) is 5.91 Å². The van der Waals surface area contributed by atoms with Crippen LogP contribution in [-0.2, 0) is 14.1 Å². The molecule has 1 aliphatic rings.